The molecule has 0 saturated heterocycles. The molecule has 0 rings (SSSR count). The molecule has 0 saturated carbocycles. The number of hydrogen-bond donors (Lipinski definition) is 8. The first kappa shape index (κ1) is 27.7. The average Bonchev–Trinajstić information content (AvgIpc) is 2.67. The summed E-state index contributed by atoms with van der Waals surface area (Å²) < 4.78 is 4.14. The van der Waals surface area contributed by atoms with Crippen molar-refractivity contribution in [1.29, 1.82) is 0 Å². The van der Waals surface area contributed by atoms with E-state index in [1.54, 1.807) is 0 Å². The van der Waals surface area contributed by atoms with Crippen molar-refractivity contribution in [1.82, 2.24) is 0 Å². The third-order valence-electron chi connectivity index (χ3n) is 3.05. The normalized spacial score (nSPS) is 10.7. The highest BCUT2D eigenvalue weighted by atomic mass is 16.5. The molecule has 24 heavy (non-hydrogen) atoms. The summed E-state index contributed by atoms with van der Waals surface area (Å²) in [7, 11) is 1.31. The van der Waals surface area contributed by atoms with Crippen LogP contribution in [0.15, 0.2) is 12.7 Å². The van der Waals surface area contributed by atoms with Crippen molar-refractivity contribution in [3.8, 4) is 0 Å². The van der Waals surface area contributed by atoms with Crippen LogP contribution in [0.2, 0.25) is 0 Å². The zero-order chi connectivity index (χ0) is 19.6. The van der Waals surface area contributed by atoms with Gasteiger partial charge in [0.25, 0.3) is 0 Å². The largest absolute Gasteiger partial charge is 0.466 e. The van der Waals surface area contributed by atoms with E-state index >= 15 is 0 Å². The van der Waals surface area contributed by atoms with Crippen LogP contribution in [0.4, 0.5) is 0 Å². The summed E-state index contributed by atoms with van der Waals surface area (Å²) in [5, 5.41) is 68.0. The van der Waals surface area contributed by atoms with Gasteiger partial charge in [-0.15, -0.1) is 0 Å². The molecule has 0 aromatic heterocycles. The zero-order valence-electron chi connectivity index (χ0n) is 13.8. The number of carbonyl (C=O) groups excluding carboxylic acids is 1. The Morgan fingerprint density at radius 3 is 0.958 bits per heavy atom. The van der Waals surface area contributed by atoms with Gasteiger partial charge in [-0.3, -0.25) is 0 Å². The monoisotopic (exact) mass is 358 g/mol. The van der Waals surface area contributed by atoms with Crippen LogP contribution >= 0.6 is 0 Å². The number of rotatable bonds is 9. The molecule has 0 heterocycles. The number of methoxy groups -OCH3 is 1. The van der Waals surface area contributed by atoms with Crippen LogP contribution in [0.5, 0.6) is 0 Å². The van der Waals surface area contributed by atoms with Gasteiger partial charge in [0.15, 0.2) is 0 Å². The molecule has 10 nitrogen and oxygen atoms in total. The Balaban J connectivity index is -0.000000282. The standard InChI is InChI=1S/2C5H12O4.C4H6O2/c2*6-1-5(2-7,3-8)4-9;1-3-4(5)6-2/h2*6-9H,1-4H2;3H,1H2,2H3. The second-order valence-electron chi connectivity index (χ2n) is 4.99. The molecule has 0 bridgehead atoms. The maximum Gasteiger partial charge on any atom is 0.329 e. The van der Waals surface area contributed by atoms with E-state index in [4.69, 9.17) is 40.9 Å². The Morgan fingerprint density at radius 2 is 0.958 bits per heavy atom. The fourth-order valence-electron chi connectivity index (χ4n) is 0.683. The van der Waals surface area contributed by atoms with Crippen LogP contribution in [-0.4, -0.2) is 107 Å². The van der Waals surface area contributed by atoms with Gasteiger partial charge in [-0.1, -0.05) is 6.58 Å². The van der Waals surface area contributed by atoms with Crippen LogP contribution in [0.1, 0.15) is 0 Å². The minimum Gasteiger partial charge on any atom is -0.466 e. The maximum absolute atomic E-state index is 9.84. The molecule has 8 N–H and O–H groups in total. The van der Waals surface area contributed by atoms with E-state index in [9.17, 15) is 4.79 Å². The van der Waals surface area contributed by atoms with E-state index in [0.29, 0.717) is 0 Å². The summed E-state index contributed by atoms with van der Waals surface area (Å²) >= 11 is 0. The lowest BCUT2D eigenvalue weighted by molar-refractivity contribution is -0.134. The first-order chi connectivity index (χ1) is 11.3. The summed E-state index contributed by atoms with van der Waals surface area (Å²) in [6, 6.07) is 0. The van der Waals surface area contributed by atoms with Gasteiger partial charge in [0.05, 0.1) is 70.8 Å². The van der Waals surface area contributed by atoms with Crippen molar-refractivity contribution in [3.63, 3.8) is 0 Å². The Hall–Kier alpha value is -1.11. The molecule has 0 unspecified atom stereocenters. The summed E-state index contributed by atoms with van der Waals surface area (Å²) in [4.78, 5) is 9.84. The molecule has 0 aromatic rings. The lowest BCUT2D eigenvalue weighted by Crippen LogP contribution is -2.37. The second kappa shape index (κ2) is 16.7. The number of aliphatic hydroxyl groups excluding tert-OH is 8. The van der Waals surface area contributed by atoms with Gasteiger partial charge < -0.3 is 45.6 Å². The predicted molar refractivity (Wildman–Crippen MR) is 83.8 cm³/mol. The third kappa shape index (κ3) is 11.4. The Bertz CT molecular complexity index is 245. The average molecular weight is 358 g/mol. The topological polar surface area (TPSA) is 188 Å². The van der Waals surface area contributed by atoms with Gasteiger partial charge in [0, 0.05) is 6.08 Å². The molecular weight excluding hydrogens is 328 g/mol. The molecule has 0 atom stereocenters. The Labute approximate surface area is 140 Å². The minimum absolute atomic E-state index is 0.394. The lowest BCUT2D eigenvalue weighted by atomic mass is 9.93. The highest BCUT2D eigenvalue weighted by Crippen LogP contribution is 2.12. The van der Waals surface area contributed by atoms with E-state index in [-0.39, 0.29) is 0 Å². The van der Waals surface area contributed by atoms with Crippen molar-refractivity contribution < 1.29 is 50.4 Å². The van der Waals surface area contributed by atoms with Gasteiger partial charge in [-0.05, 0) is 0 Å². The van der Waals surface area contributed by atoms with Crippen molar-refractivity contribution in [3.05, 3.63) is 12.7 Å². The van der Waals surface area contributed by atoms with Crippen LogP contribution in [0.3, 0.4) is 0 Å². The highest BCUT2D eigenvalue weighted by molar-refractivity contribution is 5.80. The maximum atomic E-state index is 9.84. The van der Waals surface area contributed by atoms with Crippen molar-refractivity contribution in [2.45, 2.75) is 0 Å². The third-order valence-corrected chi connectivity index (χ3v) is 3.05. The van der Waals surface area contributed by atoms with Gasteiger partial charge >= 0.3 is 5.97 Å². The molecule has 0 radical (unpaired) electrons. The van der Waals surface area contributed by atoms with Crippen molar-refractivity contribution >= 4 is 5.97 Å². The molecular formula is C14H30O10. The molecule has 146 valence electrons. The fraction of sp³-hybridized carbons (Fsp3) is 0.786. The lowest BCUT2D eigenvalue weighted by Gasteiger charge is -2.23. The quantitative estimate of drug-likeness (QED) is 0.150. The first-order valence-corrected chi connectivity index (χ1v) is 6.87. The predicted octanol–water partition coefficient (Wildman–Crippen LogP) is -3.77. The molecule has 0 amide bonds. The molecule has 0 aliphatic carbocycles. The minimum atomic E-state index is -1.11. The van der Waals surface area contributed by atoms with Crippen molar-refractivity contribution in [2.75, 3.05) is 60.0 Å². The summed E-state index contributed by atoms with van der Waals surface area (Å²) in [5.41, 5.74) is -2.22. The molecule has 0 aliphatic heterocycles. The number of ether oxygens (including phenoxy) is 1. The van der Waals surface area contributed by atoms with E-state index in [1.807, 2.05) is 0 Å². The zero-order valence-corrected chi connectivity index (χ0v) is 13.8. The fourth-order valence-corrected chi connectivity index (χ4v) is 0.683. The first-order valence-electron chi connectivity index (χ1n) is 6.87. The molecule has 0 spiro atoms. The number of carbonyl (C=O) groups is 1. The Morgan fingerprint density at radius 1 is 0.750 bits per heavy atom. The van der Waals surface area contributed by atoms with Crippen LogP contribution in [0.25, 0.3) is 0 Å². The highest BCUT2D eigenvalue weighted by Gasteiger charge is 2.27. The summed E-state index contributed by atoms with van der Waals surface area (Å²) in [6.45, 7) is -0.0931. The van der Waals surface area contributed by atoms with E-state index in [2.05, 4.69) is 11.3 Å². The van der Waals surface area contributed by atoms with Gasteiger partial charge in [-0.2, -0.15) is 0 Å². The second-order valence-corrected chi connectivity index (χ2v) is 4.99. The van der Waals surface area contributed by atoms with Gasteiger partial charge in [0.2, 0.25) is 0 Å². The van der Waals surface area contributed by atoms with E-state index in [0.717, 1.165) is 6.08 Å². The summed E-state index contributed by atoms with van der Waals surface area (Å²) in [6.07, 6.45) is 1.11. The summed E-state index contributed by atoms with van der Waals surface area (Å²) in [5.74, 6) is -0.394. The van der Waals surface area contributed by atoms with E-state index in [1.165, 1.54) is 7.11 Å². The smallest absolute Gasteiger partial charge is 0.329 e. The van der Waals surface area contributed by atoms with E-state index < -0.39 is 69.7 Å². The number of hydrogen-bond acceptors (Lipinski definition) is 10. The van der Waals surface area contributed by atoms with Crippen LogP contribution < -0.4 is 0 Å². The van der Waals surface area contributed by atoms with Crippen molar-refractivity contribution in [2.24, 2.45) is 10.8 Å². The number of esters is 1. The van der Waals surface area contributed by atoms with Gasteiger partial charge in [-0.25, -0.2) is 4.79 Å². The molecule has 10 heteroatoms. The molecule has 0 aliphatic rings. The van der Waals surface area contributed by atoms with Crippen LogP contribution in [0, 0.1) is 10.8 Å². The SMILES string of the molecule is C=CC(=O)OC.OCC(CO)(CO)CO.OCC(CO)(CO)CO. The number of aliphatic hydroxyl groups is 8. The Kier molecular flexibility index (Phi) is 19.3. The van der Waals surface area contributed by atoms with Gasteiger partial charge in [0.1, 0.15) is 0 Å². The molecule has 0 aromatic carbocycles. The molecule has 0 fully saturated rings. The van der Waals surface area contributed by atoms with Crippen LogP contribution in [-0.2, 0) is 9.53 Å².